The number of carbonyl (C=O) groups excluding carboxylic acids is 1. The van der Waals surface area contributed by atoms with E-state index in [0.717, 1.165) is 43.7 Å². The predicted octanol–water partition coefficient (Wildman–Crippen LogP) is 3.18. The third-order valence-corrected chi connectivity index (χ3v) is 6.80. The quantitative estimate of drug-likeness (QED) is 0.571. The maximum atomic E-state index is 13.1. The van der Waals surface area contributed by atoms with Gasteiger partial charge in [-0.25, -0.2) is 9.59 Å². The third-order valence-electron chi connectivity index (χ3n) is 6.80. The molecule has 0 radical (unpaired) electrons. The lowest BCUT2D eigenvalue weighted by Crippen LogP contribution is -2.33. The summed E-state index contributed by atoms with van der Waals surface area (Å²) in [5.41, 5.74) is 3.37. The van der Waals surface area contributed by atoms with Crippen LogP contribution in [0.15, 0.2) is 53.3 Å². The summed E-state index contributed by atoms with van der Waals surface area (Å²) in [7, 11) is 2.16. The zero-order valence-corrected chi connectivity index (χ0v) is 19.7. The number of carboxylic acids is 1. The Bertz CT molecular complexity index is 1320. The highest BCUT2D eigenvalue weighted by Crippen LogP contribution is 2.39. The van der Waals surface area contributed by atoms with Crippen molar-refractivity contribution in [3.8, 4) is 0 Å². The Hall–Kier alpha value is -3.60. The molecule has 0 saturated carbocycles. The van der Waals surface area contributed by atoms with E-state index in [0.29, 0.717) is 17.6 Å². The van der Waals surface area contributed by atoms with Gasteiger partial charge in [-0.05, 0) is 50.2 Å². The van der Waals surface area contributed by atoms with Crippen LogP contribution in [0.1, 0.15) is 28.8 Å². The van der Waals surface area contributed by atoms with Gasteiger partial charge in [0.1, 0.15) is 0 Å². The Morgan fingerprint density at radius 2 is 1.72 bits per heavy atom. The molecule has 2 fully saturated rings. The molecule has 0 aliphatic carbocycles. The summed E-state index contributed by atoms with van der Waals surface area (Å²) >= 11 is 0. The number of halogens is 3. The fraction of sp³-hybridized carbons (Fsp3) is 0.400. The van der Waals surface area contributed by atoms with Crippen molar-refractivity contribution in [3.05, 3.63) is 70.1 Å². The minimum absolute atomic E-state index is 0.0648. The molecule has 5 rings (SSSR count). The molecule has 2 aliphatic rings. The van der Waals surface area contributed by atoms with Crippen molar-refractivity contribution in [2.24, 2.45) is 5.41 Å². The van der Waals surface area contributed by atoms with Crippen LogP contribution < -0.4 is 5.69 Å². The van der Waals surface area contributed by atoms with E-state index < -0.39 is 12.1 Å². The van der Waals surface area contributed by atoms with E-state index in [9.17, 15) is 22.8 Å². The number of imidazole rings is 1. The summed E-state index contributed by atoms with van der Waals surface area (Å²) in [5, 5.41) is 7.12. The first kappa shape index (κ1) is 25.5. The number of aliphatic carboxylic acids is 1. The second-order valence-electron chi connectivity index (χ2n) is 9.50. The Labute approximate surface area is 204 Å². The number of carbonyl (C=O) groups is 2. The van der Waals surface area contributed by atoms with Crippen molar-refractivity contribution in [2.45, 2.75) is 25.6 Å². The number of alkyl halides is 3. The zero-order valence-electron chi connectivity index (χ0n) is 19.7. The van der Waals surface area contributed by atoms with Crippen LogP contribution in [-0.2, 0) is 11.3 Å². The van der Waals surface area contributed by atoms with Crippen LogP contribution in [0, 0.1) is 5.41 Å². The largest absolute Gasteiger partial charge is 0.490 e. The number of H-pyrrole nitrogens is 1. The highest BCUT2D eigenvalue weighted by Gasteiger charge is 2.43. The fourth-order valence-corrected chi connectivity index (χ4v) is 5.00. The number of aromatic nitrogens is 2. The molecule has 192 valence electrons. The first-order chi connectivity index (χ1) is 17.0. The minimum atomic E-state index is -5.08. The van der Waals surface area contributed by atoms with Crippen molar-refractivity contribution in [1.29, 1.82) is 0 Å². The van der Waals surface area contributed by atoms with Crippen LogP contribution in [0.5, 0.6) is 0 Å². The van der Waals surface area contributed by atoms with Crippen molar-refractivity contribution in [3.63, 3.8) is 0 Å². The summed E-state index contributed by atoms with van der Waals surface area (Å²) in [6, 6.07) is 15.5. The number of nitrogens with one attached hydrogen (secondary N) is 1. The van der Waals surface area contributed by atoms with Crippen molar-refractivity contribution < 1.29 is 27.9 Å². The smallest absolute Gasteiger partial charge is 0.475 e. The van der Waals surface area contributed by atoms with Gasteiger partial charge >= 0.3 is 17.8 Å². The van der Waals surface area contributed by atoms with Gasteiger partial charge in [-0.3, -0.25) is 9.36 Å². The summed E-state index contributed by atoms with van der Waals surface area (Å²) < 4.78 is 33.5. The zero-order chi connectivity index (χ0) is 26.1. The van der Waals surface area contributed by atoms with E-state index in [1.165, 1.54) is 6.42 Å². The Balaban J connectivity index is 0.000000384. The van der Waals surface area contributed by atoms with Crippen LogP contribution in [0.25, 0.3) is 11.0 Å². The Morgan fingerprint density at radius 1 is 1.06 bits per heavy atom. The Morgan fingerprint density at radius 3 is 2.33 bits per heavy atom. The number of hydrogen-bond donors (Lipinski definition) is 2. The molecule has 36 heavy (non-hydrogen) atoms. The number of nitrogens with zero attached hydrogens (tertiary/aromatic N) is 3. The number of rotatable bonds is 3. The van der Waals surface area contributed by atoms with Gasteiger partial charge in [-0.2, -0.15) is 13.2 Å². The molecule has 3 heterocycles. The van der Waals surface area contributed by atoms with Crippen LogP contribution in [0.2, 0.25) is 0 Å². The van der Waals surface area contributed by atoms with Crippen LogP contribution >= 0.6 is 0 Å². The van der Waals surface area contributed by atoms with E-state index in [4.69, 9.17) is 9.90 Å². The third kappa shape index (κ3) is 5.46. The van der Waals surface area contributed by atoms with Crippen molar-refractivity contribution >= 4 is 22.9 Å². The lowest BCUT2D eigenvalue weighted by molar-refractivity contribution is -0.192. The van der Waals surface area contributed by atoms with Crippen LogP contribution in [0.4, 0.5) is 13.2 Å². The van der Waals surface area contributed by atoms with E-state index in [2.05, 4.69) is 16.9 Å². The highest BCUT2D eigenvalue weighted by atomic mass is 19.4. The van der Waals surface area contributed by atoms with Gasteiger partial charge in [0.05, 0.1) is 17.6 Å². The molecule has 1 atom stereocenters. The molecule has 11 heteroatoms. The first-order valence-corrected chi connectivity index (χ1v) is 11.5. The molecule has 1 amide bonds. The second kappa shape index (κ2) is 9.81. The molecular weight excluding hydrogens is 477 g/mol. The molecule has 2 aromatic carbocycles. The number of likely N-dealkylation sites (tertiary alicyclic amines) is 2. The topological polar surface area (TPSA) is 98.6 Å². The summed E-state index contributed by atoms with van der Waals surface area (Å²) in [4.78, 5) is 41.8. The Kier molecular flexibility index (Phi) is 6.94. The molecule has 1 spiro atoms. The van der Waals surface area contributed by atoms with Gasteiger partial charge in [0.2, 0.25) is 0 Å². The monoisotopic (exact) mass is 504 g/mol. The van der Waals surface area contributed by atoms with Gasteiger partial charge in [0, 0.05) is 30.6 Å². The van der Waals surface area contributed by atoms with E-state index in [1.807, 2.05) is 53.4 Å². The van der Waals surface area contributed by atoms with Gasteiger partial charge in [0.15, 0.2) is 0 Å². The van der Waals surface area contributed by atoms with Gasteiger partial charge in [-0.15, -0.1) is 0 Å². The number of aromatic amines is 1. The molecule has 1 aromatic heterocycles. The normalized spacial score (nSPS) is 20.1. The maximum Gasteiger partial charge on any atom is 0.490 e. The molecule has 2 aliphatic heterocycles. The van der Waals surface area contributed by atoms with Crippen LogP contribution in [0.3, 0.4) is 0 Å². The van der Waals surface area contributed by atoms with Crippen molar-refractivity contribution in [2.75, 3.05) is 33.2 Å². The summed E-state index contributed by atoms with van der Waals surface area (Å²) in [5.74, 6) is -2.69. The number of amides is 1. The van der Waals surface area contributed by atoms with E-state index >= 15 is 0 Å². The lowest BCUT2D eigenvalue weighted by Gasteiger charge is -2.23. The van der Waals surface area contributed by atoms with E-state index in [-0.39, 0.29) is 17.0 Å². The molecule has 3 aromatic rings. The number of hydrogen-bond acceptors (Lipinski definition) is 4. The number of fused-ring (bicyclic) bond motifs is 1. The highest BCUT2D eigenvalue weighted by molar-refractivity contribution is 5.97. The summed E-state index contributed by atoms with van der Waals surface area (Å²) in [6.07, 6.45) is -2.84. The molecule has 2 N–H and O–H groups in total. The summed E-state index contributed by atoms with van der Waals surface area (Å²) in [6.45, 7) is 4.35. The molecule has 1 unspecified atom stereocenters. The van der Waals surface area contributed by atoms with Crippen molar-refractivity contribution in [1.82, 2.24) is 19.4 Å². The predicted molar refractivity (Wildman–Crippen MR) is 127 cm³/mol. The average molecular weight is 505 g/mol. The number of carboxylic acid groups (broad SMARTS) is 1. The number of benzene rings is 2. The SMILES string of the molecule is CN1CCC2(CCN(C(=O)c3ccc4c(c3)[nH]c(=O)n4Cc3ccccc3)C2)C1.O=C(O)C(F)(F)F. The fourth-order valence-electron chi connectivity index (χ4n) is 5.00. The minimum Gasteiger partial charge on any atom is -0.475 e. The van der Waals surface area contributed by atoms with Gasteiger partial charge in [0.25, 0.3) is 5.91 Å². The maximum absolute atomic E-state index is 13.1. The van der Waals surface area contributed by atoms with Gasteiger partial charge < -0.3 is 19.9 Å². The first-order valence-electron chi connectivity index (χ1n) is 11.5. The lowest BCUT2D eigenvalue weighted by atomic mass is 9.86. The van der Waals surface area contributed by atoms with Crippen LogP contribution in [-0.4, -0.2) is 75.7 Å². The molecular formula is C25H27F3N4O4. The standard InChI is InChI=1S/C23H26N4O2.C2HF3O2/c1-25-11-9-23(15-25)10-12-26(16-23)21(28)18-7-8-20-19(13-18)24-22(29)27(20)14-17-5-3-2-4-6-17;3-2(4,5)1(6)7/h2-8,13H,9-12,14-16H2,1H3,(H,24,29);(H,6,7). The molecule has 0 bridgehead atoms. The average Bonchev–Trinajstić information content (AvgIpc) is 3.51. The second-order valence-corrected chi connectivity index (χ2v) is 9.50. The van der Waals surface area contributed by atoms with Gasteiger partial charge in [-0.1, -0.05) is 30.3 Å². The molecule has 8 nitrogen and oxygen atoms in total. The molecule has 2 saturated heterocycles. The van der Waals surface area contributed by atoms with E-state index in [1.54, 1.807) is 4.57 Å².